The summed E-state index contributed by atoms with van der Waals surface area (Å²) >= 11 is 1.78. The van der Waals surface area contributed by atoms with Crippen LogP contribution in [0.25, 0.3) is 11.6 Å². The third-order valence-electron chi connectivity index (χ3n) is 3.61. The first-order valence-electron chi connectivity index (χ1n) is 7.34. The molecule has 0 N–H and O–H groups in total. The molecular formula is C21H18S. The van der Waals surface area contributed by atoms with Crippen molar-refractivity contribution in [3.8, 4) is 0 Å². The molecule has 108 valence electrons. The average Bonchev–Trinajstić information content (AvgIpc) is 2.61. The summed E-state index contributed by atoms with van der Waals surface area (Å²) in [7, 11) is 0. The zero-order valence-electron chi connectivity index (χ0n) is 12.6. The summed E-state index contributed by atoms with van der Waals surface area (Å²) in [5, 5.41) is 0. The van der Waals surface area contributed by atoms with Crippen LogP contribution in [0.4, 0.5) is 0 Å². The standard InChI is InChI=1S/C21H18S/c1-22-21-15-9-8-14-19(21)16-20(17-10-4-2-5-11-17)18-12-6-3-7-13-18/h2-16H,1H3. The lowest BCUT2D eigenvalue weighted by molar-refractivity contribution is 1.42. The van der Waals surface area contributed by atoms with E-state index in [2.05, 4.69) is 97.3 Å². The van der Waals surface area contributed by atoms with Gasteiger partial charge in [0.15, 0.2) is 0 Å². The van der Waals surface area contributed by atoms with Crippen LogP contribution in [0.15, 0.2) is 89.8 Å². The Morgan fingerprint density at radius 3 is 1.73 bits per heavy atom. The highest BCUT2D eigenvalue weighted by Gasteiger charge is 2.06. The van der Waals surface area contributed by atoms with Gasteiger partial charge in [0.1, 0.15) is 0 Å². The zero-order chi connectivity index (χ0) is 15.2. The Bertz CT molecular complexity index is 717. The summed E-state index contributed by atoms with van der Waals surface area (Å²) in [5.74, 6) is 0. The predicted molar refractivity (Wildman–Crippen MR) is 98.1 cm³/mol. The second-order valence-electron chi connectivity index (χ2n) is 5.03. The molecule has 3 aromatic rings. The van der Waals surface area contributed by atoms with Crippen molar-refractivity contribution in [2.75, 3.05) is 6.26 Å². The molecule has 0 aliphatic carbocycles. The topological polar surface area (TPSA) is 0 Å². The van der Waals surface area contributed by atoms with Gasteiger partial charge in [0.25, 0.3) is 0 Å². The van der Waals surface area contributed by atoms with Crippen LogP contribution in [0.5, 0.6) is 0 Å². The van der Waals surface area contributed by atoms with Crippen LogP contribution >= 0.6 is 11.8 Å². The van der Waals surface area contributed by atoms with E-state index in [1.165, 1.54) is 27.2 Å². The first-order chi connectivity index (χ1) is 10.9. The highest BCUT2D eigenvalue weighted by molar-refractivity contribution is 7.98. The fraction of sp³-hybridized carbons (Fsp3) is 0.0476. The first-order valence-corrected chi connectivity index (χ1v) is 8.56. The van der Waals surface area contributed by atoms with Gasteiger partial charge in [-0.3, -0.25) is 0 Å². The molecule has 0 heterocycles. The Labute approximate surface area is 136 Å². The van der Waals surface area contributed by atoms with Crippen LogP contribution in [-0.4, -0.2) is 6.26 Å². The quantitative estimate of drug-likeness (QED) is 0.421. The van der Waals surface area contributed by atoms with Gasteiger partial charge in [0.05, 0.1) is 0 Å². The van der Waals surface area contributed by atoms with Crippen molar-refractivity contribution < 1.29 is 0 Å². The van der Waals surface area contributed by atoms with Crippen molar-refractivity contribution in [1.29, 1.82) is 0 Å². The third-order valence-corrected chi connectivity index (χ3v) is 4.42. The molecule has 3 aromatic carbocycles. The molecule has 0 saturated heterocycles. The predicted octanol–water partition coefficient (Wildman–Crippen LogP) is 6.00. The van der Waals surface area contributed by atoms with Crippen molar-refractivity contribution in [2.24, 2.45) is 0 Å². The Hall–Kier alpha value is -2.25. The molecule has 0 atom stereocenters. The van der Waals surface area contributed by atoms with Gasteiger partial charge < -0.3 is 0 Å². The minimum atomic E-state index is 1.24. The molecule has 0 fully saturated rings. The Morgan fingerprint density at radius 1 is 0.682 bits per heavy atom. The van der Waals surface area contributed by atoms with E-state index in [1.807, 2.05) is 0 Å². The normalized spacial score (nSPS) is 10.2. The lowest BCUT2D eigenvalue weighted by atomic mass is 9.96. The van der Waals surface area contributed by atoms with Crippen LogP contribution in [0.1, 0.15) is 16.7 Å². The smallest absolute Gasteiger partial charge is 0.0142 e. The van der Waals surface area contributed by atoms with Crippen molar-refractivity contribution >= 4 is 23.4 Å². The van der Waals surface area contributed by atoms with Gasteiger partial charge in [-0.25, -0.2) is 0 Å². The molecule has 0 aromatic heterocycles. The first kappa shape index (κ1) is 14.7. The van der Waals surface area contributed by atoms with E-state index in [0.29, 0.717) is 0 Å². The molecule has 0 amide bonds. The summed E-state index contributed by atoms with van der Waals surface area (Å²) in [5.41, 5.74) is 5.00. The maximum Gasteiger partial charge on any atom is 0.0142 e. The van der Waals surface area contributed by atoms with E-state index in [9.17, 15) is 0 Å². The van der Waals surface area contributed by atoms with Crippen LogP contribution < -0.4 is 0 Å². The van der Waals surface area contributed by atoms with Crippen LogP contribution in [0.2, 0.25) is 0 Å². The Balaban J connectivity index is 2.16. The average molecular weight is 302 g/mol. The molecule has 0 aliphatic rings. The highest BCUT2D eigenvalue weighted by Crippen LogP contribution is 2.29. The van der Waals surface area contributed by atoms with Gasteiger partial charge in [-0.1, -0.05) is 78.9 Å². The summed E-state index contributed by atoms with van der Waals surface area (Å²) < 4.78 is 0. The van der Waals surface area contributed by atoms with E-state index in [0.717, 1.165) is 0 Å². The van der Waals surface area contributed by atoms with E-state index >= 15 is 0 Å². The summed E-state index contributed by atoms with van der Waals surface area (Å²) in [6.45, 7) is 0. The van der Waals surface area contributed by atoms with E-state index in [-0.39, 0.29) is 0 Å². The lowest BCUT2D eigenvalue weighted by Crippen LogP contribution is -1.88. The molecule has 0 unspecified atom stereocenters. The third kappa shape index (κ3) is 3.32. The minimum Gasteiger partial charge on any atom is -0.129 e. The summed E-state index contributed by atoms with van der Waals surface area (Å²) in [4.78, 5) is 1.30. The molecule has 0 radical (unpaired) electrons. The SMILES string of the molecule is CSc1ccccc1C=C(c1ccccc1)c1ccccc1. The molecule has 3 rings (SSSR count). The number of hydrogen-bond donors (Lipinski definition) is 0. The second kappa shape index (κ2) is 7.15. The fourth-order valence-corrected chi connectivity index (χ4v) is 3.09. The van der Waals surface area contributed by atoms with Crippen molar-refractivity contribution in [3.63, 3.8) is 0 Å². The zero-order valence-corrected chi connectivity index (χ0v) is 13.4. The van der Waals surface area contributed by atoms with Crippen LogP contribution in [0.3, 0.4) is 0 Å². The minimum absolute atomic E-state index is 1.24. The molecule has 0 bridgehead atoms. The molecule has 0 aliphatic heterocycles. The number of thioether (sulfide) groups is 1. The second-order valence-corrected chi connectivity index (χ2v) is 5.88. The number of benzene rings is 3. The van der Waals surface area contributed by atoms with Gasteiger partial charge in [0.2, 0.25) is 0 Å². The van der Waals surface area contributed by atoms with Crippen molar-refractivity contribution in [1.82, 2.24) is 0 Å². The van der Waals surface area contributed by atoms with Crippen molar-refractivity contribution in [2.45, 2.75) is 4.90 Å². The van der Waals surface area contributed by atoms with Gasteiger partial charge in [-0.15, -0.1) is 11.8 Å². The van der Waals surface area contributed by atoms with Crippen LogP contribution in [-0.2, 0) is 0 Å². The molecule has 0 spiro atoms. The van der Waals surface area contributed by atoms with Gasteiger partial charge in [0, 0.05) is 4.90 Å². The Kier molecular flexibility index (Phi) is 4.77. The van der Waals surface area contributed by atoms with Gasteiger partial charge >= 0.3 is 0 Å². The van der Waals surface area contributed by atoms with Crippen LogP contribution in [0, 0.1) is 0 Å². The van der Waals surface area contributed by atoms with E-state index < -0.39 is 0 Å². The maximum absolute atomic E-state index is 2.29. The summed E-state index contributed by atoms with van der Waals surface area (Å²) in [6, 6.07) is 29.7. The largest absolute Gasteiger partial charge is 0.129 e. The Morgan fingerprint density at radius 2 is 1.18 bits per heavy atom. The van der Waals surface area contributed by atoms with E-state index in [1.54, 1.807) is 11.8 Å². The molecular weight excluding hydrogens is 284 g/mol. The number of hydrogen-bond acceptors (Lipinski definition) is 1. The summed E-state index contributed by atoms with van der Waals surface area (Å²) in [6.07, 6.45) is 4.41. The highest BCUT2D eigenvalue weighted by atomic mass is 32.2. The fourth-order valence-electron chi connectivity index (χ4n) is 2.51. The molecule has 0 saturated carbocycles. The maximum atomic E-state index is 2.29. The molecule has 22 heavy (non-hydrogen) atoms. The monoisotopic (exact) mass is 302 g/mol. The van der Waals surface area contributed by atoms with Crippen molar-refractivity contribution in [3.05, 3.63) is 102 Å². The van der Waals surface area contributed by atoms with Gasteiger partial charge in [-0.2, -0.15) is 0 Å². The molecule has 0 nitrogen and oxygen atoms in total. The van der Waals surface area contributed by atoms with Gasteiger partial charge in [-0.05, 0) is 40.7 Å². The lowest BCUT2D eigenvalue weighted by Gasteiger charge is -2.10. The molecule has 1 heteroatoms. The number of rotatable bonds is 4. The van der Waals surface area contributed by atoms with E-state index in [4.69, 9.17) is 0 Å².